The van der Waals surface area contributed by atoms with Crippen LogP contribution in [0.3, 0.4) is 0 Å². The van der Waals surface area contributed by atoms with Crippen LogP contribution < -0.4 is 5.32 Å². The van der Waals surface area contributed by atoms with Crippen molar-refractivity contribution in [3.8, 4) is 0 Å². The summed E-state index contributed by atoms with van der Waals surface area (Å²) >= 11 is 2.04. The fourth-order valence-corrected chi connectivity index (χ4v) is 2.86. The van der Waals surface area contributed by atoms with Gasteiger partial charge in [0.25, 0.3) is 0 Å². The lowest BCUT2D eigenvalue weighted by Crippen LogP contribution is -2.24. The normalized spacial score (nSPS) is 17.0. The van der Waals surface area contributed by atoms with E-state index in [0.717, 1.165) is 12.5 Å². The van der Waals surface area contributed by atoms with E-state index in [0.29, 0.717) is 6.04 Å². The van der Waals surface area contributed by atoms with Crippen molar-refractivity contribution in [1.82, 2.24) is 5.32 Å². The quantitative estimate of drug-likeness (QED) is 0.702. The summed E-state index contributed by atoms with van der Waals surface area (Å²) in [7, 11) is 0. The lowest BCUT2D eigenvalue weighted by atomic mass is 10.0. The Morgan fingerprint density at radius 3 is 2.71 bits per heavy atom. The summed E-state index contributed by atoms with van der Waals surface area (Å²) in [5.74, 6) is 3.41. The van der Waals surface area contributed by atoms with Gasteiger partial charge >= 0.3 is 0 Å². The number of rotatable bonds is 8. The van der Waals surface area contributed by atoms with Gasteiger partial charge in [0.15, 0.2) is 0 Å². The van der Waals surface area contributed by atoms with Crippen LogP contribution in [-0.2, 0) is 0 Å². The second-order valence-corrected chi connectivity index (χ2v) is 6.12. The van der Waals surface area contributed by atoms with Gasteiger partial charge in [-0.2, -0.15) is 11.8 Å². The molecule has 0 amide bonds. The number of hydrogen-bond donors (Lipinski definition) is 1. The molecule has 1 saturated carbocycles. The van der Waals surface area contributed by atoms with E-state index in [1.165, 1.54) is 36.3 Å². The zero-order chi connectivity index (χ0) is 11.9. The van der Waals surface area contributed by atoms with Gasteiger partial charge in [-0.1, -0.05) is 37.3 Å². The lowest BCUT2D eigenvalue weighted by Gasteiger charge is -2.18. The van der Waals surface area contributed by atoms with Crippen LogP contribution in [-0.4, -0.2) is 18.1 Å². The average Bonchev–Trinajstić information content (AvgIpc) is 3.19. The second kappa shape index (κ2) is 7.07. The Labute approximate surface area is 109 Å². The average molecular weight is 249 g/mol. The summed E-state index contributed by atoms with van der Waals surface area (Å²) in [6.07, 6.45) is 4.08. The minimum absolute atomic E-state index is 0.600. The van der Waals surface area contributed by atoms with E-state index in [2.05, 4.69) is 42.6 Å². The van der Waals surface area contributed by atoms with Crippen LogP contribution in [0.15, 0.2) is 30.3 Å². The fraction of sp³-hybridized carbons (Fsp3) is 0.600. The van der Waals surface area contributed by atoms with Crippen molar-refractivity contribution in [3.63, 3.8) is 0 Å². The van der Waals surface area contributed by atoms with Crippen molar-refractivity contribution in [3.05, 3.63) is 35.9 Å². The molecule has 0 heterocycles. The minimum atomic E-state index is 0.600. The third kappa shape index (κ3) is 4.36. The molecule has 1 aliphatic carbocycles. The Morgan fingerprint density at radius 2 is 2.06 bits per heavy atom. The molecule has 0 bridgehead atoms. The molecule has 1 fully saturated rings. The van der Waals surface area contributed by atoms with E-state index in [1.54, 1.807) is 0 Å². The van der Waals surface area contributed by atoms with Crippen molar-refractivity contribution >= 4 is 11.8 Å². The van der Waals surface area contributed by atoms with Gasteiger partial charge in [-0.25, -0.2) is 0 Å². The zero-order valence-corrected chi connectivity index (χ0v) is 11.5. The molecule has 1 unspecified atom stereocenters. The molecule has 1 aliphatic rings. The lowest BCUT2D eigenvalue weighted by molar-refractivity contribution is 0.482. The highest BCUT2D eigenvalue weighted by atomic mass is 32.2. The molecule has 0 spiro atoms. The van der Waals surface area contributed by atoms with Gasteiger partial charge in [-0.15, -0.1) is 0 Å². The predicted molar refractivity (Wildman–Crippen MR) is 77.5 cm³/mol. The molecule has 0 saturated heterocycles. The van der Waals surface area contributed by atoms with E-state index in [9.17, 15) is 0 Å². The summed E-state index contributed by atoms with van der Waals surface area (Å²) < 4.78 is 0. The summed E-state index contributed by atoms with van der Waals surface area (Å²) in [4.78, 5) is 0. The van der Waals surface area contributed by atoms with E-state index < -0.39 is 0 Å². The molecule has 0 aliphatic heterocycles. The largest absolute Gasteiger partial charge is 0.310 e. The third-order valence-electron chi connectivity index (χ3n) is 3.29. The molecule has 1 N–H and O–H groups in total. The predicted octanol–water partition coefficient (Wildman–Crippen LogP) is 3.87. The Bertz CT molecular complexity index is 308. The van der Waals surface area contributed by atoms with Gasteiger partial charge in [0.1, 0.15) is 0 Å². The number of hydrogen-bond acceptors (Lipinski definition) is 2. The summed E-state index contributed by atoms with van der Waals surface area (Å²) in [5, 5.41) is 3.74. The van der Waals surface area contributed by atoms with E-state index in [-0.39, 0.29) is 0 Å². The molecule has 94 valence electrons. The van der Waals surface area contributed by atoms with Gasteiger partial charge in [0.05, 0.1) is 0 Å². The number of benzene rings is 1. The molecule has 1 atom stereocenters. The Kier molecular flexibility index (Phi) is 5.40. The fourth-order valence-electron chi connectivity index (χ4n) is 2.22. The summed E-state index contributed by atoms with van der Waals surface area (Å²) in [5.41, 5.74) is 1.47. The summed E-state index contributed by atoms with van der Waals surface area (Å²) in [6.45, 7) is 3.39. The first-order valence-electron chi connectivity index (χ1n) is 6.78. The second-order valence-electron chi connectivity index (χ2n) is 4.73. The maximum Gasteiger partial charge on any atom is 0.0348 e. The zero-order valence-electron chi connectivity index (χ0n) is 10.7. The van der Waals surface area contributed by atoms with Crippen LogP contribution in [0.25, 0.3) is 0 Å². The van der Waals surface area contributed by atoms with Crippen LogP contribution in [0, 0.1) is 5.92 Å². The highest BCUT2D eigenvalue weighted by molar-refractivity contribution is 7.99. The van der Waals surface area contributed by atoms with E-state index >= 15 is 0 Å². The first-order valence-corrected chi connectivity index (χ1v) is 7.93. The molecule has 2 rings (SSSR count). The molecule has 1 aromatic rings. The van der Waals surface area contributed by atoms with Gasteiger partial charge < -0.3 is 5.32 Å². The van der Waals surface area contributed by atoms with Gasteiger partial charge in [0.2, 0.25) is 0 Å². The van der Waals surface area contributed by atoms with Crippen LogP contribution >= 0.6 is 11.8 Å². The van der Waals surface area contributed by atoms with Crippen molar-refractivity contribution < 1.29 is 0 Å². The Morgan fingerprint density at radius 1 is 1.29 bits per heavy atom. The maximum atomic E-state index is 3.74. The maximum absolute atomic E-state index is 3.74. The molecular weight excluding hydrogens is 226 g/mol. The van der Waals surface area contributed by atoms with Crippen molar-refractivity contribution in [2.24, 2.45) is 5.92 Å². The molecule has 17 heavy (non-hydrogen) atoms. The van der Waals surface area contributed by atoms with Crippen LogP contribution in [0.1, 0.15) is 37.8 Å². The van der Waals surface area contributed by atoms with Gasteiger partial charge in [-0.3, -0.25) is 0 Å². The van der Waals surface area contributed by atoms with Gasteiger partial charge in [-0.05, 0) is 48.8 Å². The van der Waals surface area contributed by atoms with Crippen molar-refractivity contribution in [2.75, 3.05) is 18.1 Å². The van der Waals surface area contributed by atoms with Crippen molar-refractivity contribution in [1.29, 1.82) is 0 Å². The van der Waals surface area contributed by atoms with Crippen LogP contribution in [0.4, 0.5) is 0 Å². The van der Waals surface area contributed by atoms with Crippen LogP contribution in [0.5, 0.6) is 0 Å². The number of nitrogens with one attached hydrogen (secondary N) is 1. The van der Waals surface area contributed by atoms with E-state index in [1.807, 2.05) is 11.8 Å². The third-order valence-corrected chi connectivity index (χ3v) is 4.27. The summed E-state index contributed by atoms with van der Waals surface area (Å²) in [6, 6.07) is 11.5. The topological polar surface area (TPSA) is 12.0 Å². The first kappa shape index (κ1) is 13.0. The van der Waals surface area contributed by atoms with E-state index in [4.69, 9.17) is 0 Å². The van der Waals surface area contributed by atoms with Gasteiger partial charge in [0, 0.05) is 6.04 Å². The molecular formula is C15H23NS. The molecule has 1 nitrogen and oxygen atoms in total. The Hall–Kier alpha value is -0.470. The standard InChI is InChI=1S/C15H23NS/c1-2-17-12-6-11-16-15(14-9-10-14)13-7-4-3-5-8-13/h3-5,7-8,14-16H,2,6,9-12H2,1H3. The molecule has 1 aromatic carbocycles. The minimum Gasteiger partial charge on any atom is -0.310 e. The SMILES string of the molecule is CCSCCCNC(c1ccccc1)C1CC1. The Balaban J connectivity index is 1.78. The highest BCUT2D eigenvalue weighted by Crippen LogP contribution is 2.40. The monoisotopic (exact) mass is 249 g/mol. The molecule has 0 radical (unpaired) electrons. The van der Waals surface area contributed by atoms with Crippen LogP contribution in [0.2, 0.25) is 0 Å². The number of thioether (sulfide) groups is 1. The molecule has 0 aromatic heterocycles. The van der Waals surface area contributed by atoms with Crippen molar-refractivity contribution in [2.45, 2.75) is 32.2 Å². The smallest absolute Gasteiger partial charge is 0.0348 e. The molecule has 2 heteroatoms. The highest BCUT2D eigenvalue weighted by Gasteiger charge is 2.31. The first-order chi connectivity index (χ1) is 8.42.